The molecule has 0 radical (unpaired) electrons. The van der Waals surface area contributed by atoms with Gasteiger partial charge in [-0.25, -0.2) is 19.6 Å². The molecule has 0 aromatic carbocycles. The van der Waals surface area contributed by atoms with Gasteiger partial charge in [0.1, 0.15) is 17.3 Å². The number of aryl methyl sites for hydroxylation is 2. The number of hydrogen-bond acceptors (Lipinski definition) is 5. The van der Waals surface area contributed by atoms with Crippen LogP contribution in [0.5, 0.6) is 0 Å². The fourth-order valence-electron chi connectivity index (χ4n) is 2.87. The smallest absolute Gasteiger partial charge is 0.336 e. The molecule has 0 amide bonds. The quantitative estimate of drug-likeness (QED) is 0.867. The van der Waals surface area contributed by atoms with Gasteiger partial charge in [0.25, 0.3) is 0 Å². The van der Waals surface area contributed by atoms with Gasteiger partial charge in [0, 0.05) is 12.7 Å². The van der Waals surface area contributed by atoms with Crippen molar-refractivity contribution in [2.75, 3.05) is 11.4 Å². The van der Waals surface area contributed by atoms with Crippen molar-refractivity contribution in [2.24, 2.45) is 0 Å². The molecule has 1 saturated heterocycles. The molecule has 6 nitrogen and oxygen atoms in total. The van der Waals surface area contributed by atoms with E-state index < -0.39 is 11.9 Å². The van der Waals surface area contributed by atoms with E-state index in [4.69, 9.17) is 0 Å². The highest BCUT2D eigenvalue weighted by Gasteiger charge is 2.34. The summed E-state index contributed by atoms with van der Waals surface area (Å²) in [5.74, 6) is 1.60. The zero-order chi connectivity index (χ0) is 16.6. The van der Waals surface area contributed by atoms with Crippen LogP contribution in [0.1, 0.15) is 30.2 Å². The Hall–Kier alpha value is -2.19. The van der Waals surface area contributed by atoms with Crippen molar-refractivity contribution in [3.63, 3.8) is 0 Å². The standard InChI is InChI=1S/C14H17F3N6/c1-9-19-10(2)23(21-9)8-11-4-3-7-22(11)13-18-6-5-12(20-13)14(15,16)17/h5-6,11H,3-4,7-8H2,1-2H3/t11-/m1/s1. The van der Waals surface area contributed by atoms with Crippen molar-refractivity contribution in [3.8, 4) is 0 Å². The summed E-state index contributed by atoms with van der Waals surface area (Å²) in [6, 6.07) is 0.901. The van der Waals surface area contributed by atoms with Crippen LogP contribution >= 0.6 is 0 Å². The van der Waals surface area contributed by atoms with Crippen molar-refractivity contribution in [2.45, 2.75) is 45.5 Å². The molecule has 1 fully saturated rings. The lowest BCUT2D eigenvalue weighted by Crippen LogP contribution is -2.35. The summed E-state index contributed by atoms with van der Waals surface area (Å²) in [6.45, 7) is 4.87. The van der Waals surface area contributed by atoms with E-state index in [1.54, 1.807) is 4.68 Å². The number of alkyl halides is 3. The second kappa shape index (κ2) is 5.78. The largest absolute Gasteiger partial charge is 0.433 e. The van der Waals surface area contributed by atoms with E-state index in [-0.39, 0.29) is 12.0 Å². The Morgan fingerprint density at radius 2 is 2.04 bits per heavy atom. The van der Waals surface area contributed by atoms with Gasteiger partial charge in [-0.05, 0) is 32.8 Å². The van der Waals surface area contributed by atoms with Crippen LogP contribution in [0.15, 0.2) is 12.3 Å². The minimum Gasteiger partial charge on any atom is -0.336 e. The Bertz CT molecular complexity index is 696. The number of aromatic nitrogens is 5. The van der Waals surface area contributed by atoms with Crippen LogP contribution in [-0.4, -0.2) is 37.3 Å². The molecule has 0 spiro atoms. The Morgan fingerprint density at radius 3 is 2.70 bits per heavy atom. The van der Waals surface area contributed by atoms with Crippen LogP contribution in [0, 0.1) is 13.8 Å². The van der Waals surface area contributed by atoms with Gasteiger partial charge in [0.2, 0.25) is 5.95 Å². The summed E-state index contributed by atoms with van der Waals surface area (Å²) in [4.78, 5) is 13.8. The molecule has 9 heteroatoms. The second-order valence-electron chi connectivity index (χ2n) is 5.62. The lowest BCUT2D eigenvalue weighted by Gasteiger charge is -2.25. The lowest BCUT2D eigenvalue weighted by molar-refractivity contribution is -0.141. The normalized spacial score (nSPS) is 18.7. The van der Waals surface area contributed by atoms with Crippen LogP contribution in [0.2, 0.25) is 0 Å². The van der Waals surface area contributed by atoms with Crippen molar-refractivity contribution in [1.82, 2.24) is 24.7 Å². The predicted molar refractivity (Wildman–Crippen MR) is 76.9 cm³/mol. The van der Waals surface area contributed by atoms with Gasteiger partial charge in [0.05, 0.1) is 12.6 Å². The highest BCUT2D eigenvalue weighted by molar-refractivity contribution is 5.34. The fourth-order valence-corrected chi connectivity index (χ4v) is 2.87. The van der Waals surface area contributed by atoms with Gasteiger partial charge in [0.15, 0.2) is 0 Å². The zero-order valence-electron chi connectivity index (χ0n) is 12.9. The first kappa shape index (κ1) is 15.7. The number of rotatable bonds is 3. The summed E-state index contributed by atoms with van der Waals surface area (Å²) in [7, 11) is 0. The summed E-state index contributed by atoms with van der Waals surface area (Å²) >= 11 is 0. The average molecular weight is 326 g/mol. The Balaban J connectivity index is 1.83. The lowest BCUT2D eigenvalue weighted by atomic mass is 10.2. The maximum atomic E-state index is 12.8. The molecule has 1 atom stereocenters. The van der Waals surface area contributed by atoms with Gasteiger partial charge in [-0.15, -0.1) is 0 Å². The fraction of sp³-hybridized carbons (Fsp3) is 0.571. The molecule has 124 valence electrons. The van der Waals surface area contributed by atoms with Crippen LogP contribution in [0.25, 0.3) is 0 Å². The minimum absolute atomic E-state index is 0.0123. The summed E-state index contributed by atoms with van der Waals surface area (Å²) in [6.07, 6.45) is -1.56. The molecule has 0 saturated carbocycles. The molecule has 0 aliphatic carbocycles. The number of nitrogens with zero attached hydrogens (tertiary/aromatic N) is 6. The Kier molecular flexibility index (Phi) is 3.95. The molecule has 2 aromatic heterocycles. The topological polar surface area (TPSA) is 59.7 Å². The van der Waals surface area contributed by atoms with Crippen LogP contribution in [0.3, 0.4) is 0 Å². The molecular weight excluding hydrogens is 309 g/mol. The van der Waals surface area contributed by atoms with E-state index in [1.165, 1.54) is 0 Å². The maximum Gasteiger partial charge on any atom is 0.433 e. The van der Waals surface area contributed by atoms with Gasteiger partial charge in [-0.3, -0.25) is 0 Å². The van der Waals surface area contributed by atoms with Gasteiger partial charge in [-0.2, -0.15) is 18.3 Å². The third kappa shape index (κ3) is 3.27. The van der Waals surface area contributed by atoms with Crippen molar-refractivity contribution >= 4 is 5.95 Å². The predicted octanol–water partition coefficient (Wildman–Crippen LogP) is 2.37. The highest BCUT2D eigenvalue weighted by atomic mass is 19.4. The molecule has 3 heterocycles. The minimum atomic E-state index is -4.47. The zero-order valence-corrected chi connectivity index (χ0v) is 12.9. The summed E-state index contributed by atoms with van der Waals surface area (Å²) in [5, 5.41) is 4.32. The SMILES string of the molecule is Cc1nc(C)n(C[C@H]2CCCN2c2nccc(C(F)(F)F)n2)n1. The number of halogens is 3. The maximum absolute atomic E-state index is 12.8. The molecule has 1 aliphatic heterocycles. The van der Waals surface area contributed by atoms with E-state index in [9.17, 15) is 13.2 Å². The number of anilines is 1. The van der Waals surface area contributed by atoms with Gasteiger partial charge < -0.3 is 4.90 Å². The molecular formula is C14H17F3N6. The van der Waals surface area contributed by atoms with Crippen molar-refractivity contribution in [3.05, 3.63) is 29.6 Å². The van der Waals surface area contributed by atoms with Crippen molar-refractivity contribution < 1.29 is 13.2 Å². The summed E-state index contributed by atoms with van der Waals surface area (Å²) in [5.41, 5.74) is -0.916. The molecule has 0 unspecified atom stereocenters. The van der Waals surface area contributed by atoms with E-state index in [1.807, 2.05) is 18.7 Å². The first-order chi connectivity index (χ1) is 10.8. The van der Waals surface area contributed by atoms with E-state index in [0.29, 0.717) is 18.9 Å². The van der Waals surface area contributed by atoms with E-state index >= 15 is 0 Å². The third-order valence-corrected chi connectivity index (χ3v) is 3.91. The van der Waals surface area contributed by atoms with Crippen LogP contribution in [0.4, 0.5) is 19.1 Å². The Labute approximate surface area is 131 Å². The average Bonchev–Trinajstić information content (AvgIpc) is 3.05. The summed E-state index contributed by atoms with van der Waals surface area (Å²) < 4.78 is 40.3. The number of hydrogen-bond donors (Lipinski definition) is 0. The van der Waals surface area contributed by atoms with Gasteiger partial charge >= 0.3 is 6.18 Å². The second-order valence-corrected chi connectivity index (χ2v) is 5.62. The third-order valence-electron chi connectivity index (χ3n) is 3.91. The van der Waals surface area contributed by atoms with Gasteiger partial charge in [-0.1, -0.05) is 0 Å². The molecule has 0 bridgehead atoms. The molecule has 23 heavy (non-hydrogen) atoms. The van der Waals surface area contributed by atoms with Crippen LogP contribution in [-0.2, 0) is 12.7 Å². The van der Waals surface area contributed by atoms with Crippen LogP contribution < -0.4 is 4.90 Å². The monoisotopic (exact) mass is 326 g/mol. The Morgan fingerprint density at radius 1 is 1.26 bits per heavy atom. The highest BCUT2D eigenvalue weighted by Crippen LogP contribution is 2.30. The molecule has 2 aromatic rings. The van der Waals surface area contributed by atoms with Crippen molar-refractivity contribution in [1.29, 1.82) is 0 Å². The van der Waals surface area contributed by atoms with E-state index in [2.05, 4.69) is 20.1 Å². The molecule has 3 rings (SSSR count). The first-order valence-corrected chi connectivity index (χ1v) is 7.39. The molecule has 1 aliphatic rings. The first-order valence-electron chi connectivity index (χ1n) is 7.39. The molecule has 0 N–H and O–H groups in total. The van der Waals surface area contributed by atoms with E-state index in [0.717, 1.165) is 30.9 Å².